The number of hydrogen-bond acceptors (Lipinski definition) is 4. The molecule has 1 heterocycles. The van der Waals surface area contributed by atoms with E-state index in [2.05, 4.69) is 46.4 Å². The molecule has 1 aromatic heterocycles. The highest BCUT2D eigenvalue weighted by Gasteiger charge is 2.07. The number of nitrogens with two attached hydrogens (primary N) is 1. The van der Waals surface area contributed by atoms with Gasteiger partial charge in [0, 0.05) is 24.2 Å². The van der Waals surface area contributed by atoms with Crippen LogP contribution >= 0.6 is 0 Å². The largest absolute Gasteiger partial charge is 0.370 e. The summed E-state index contributed by atoms with van der Waals surface area (Å²) in [5, 5.41) is 7.06. The molecule has 0 spiro atoms. The van der Waals surface area contributed by atoms with Gasteiger partial charge in [0.1, 0.15) is 0 Å². The molecule has 0 unspecified atom stereocenters. The molecule has 2 aromatic carbocycles. The molecule has 0 fully saturated rings. The first-order valence-electron chi connectivity index (χ1n) is 9.11. The zero-order valence-corrected chi connectivity index (χ0v) is 16.0. The van der Waals surface area contributed by atoms with Crippen LogP contribution in [-0.2, 0) is 12.8 Å². The Morgan fingerprint density at radius 2 is 1.89 bits per heavy atom. The van der Waals surface area contributed by atoms with Gasteiger partial charge in [0.25, 0.3) is 5.89 Å². The van der Waals surface area contributed by atoms with E-state index in [1.807, 2.05) is 37.3 Å². The van der Waals surface area contributed by atoms with Gasteiger partial charge in [-0.25, -0.2) is 0 Å². The van der Waals surface area contributed by atoms with Gasteiger partial charge in [0.05, 0.1) is 0 Å². The topological polar surface area (TPSA) is 89.3 Å². The number of nitrogens with zero attached hydrogens (tertiary/aromatic N) is 3. The second-order valence-corrected chi connectivity index (χ2v) is 6.51. The molecule has 3 rings (SSSR count). The summed E-state index contributed by atoms with van der Waals surface area (Å²) in [5.41, 5.74) is 11.5. The van der Waals surface area contributed by atoms with Crippen LogP contribution < -0.4 is 11.1 Å². The van der Waals surface area contributed by atoms with Crippen LogP contribution in [0, 0.1) is 13.8 Å². The monoisotopic (exact) mass is 363 g/mol. The van der Waals surface area contributed by atoms with Crippen LogP contribution in [0.25, 0.3) is 11.5 Å². The van der Waals surface area contributed by atoms with Crippen molar-refractivity contribution in [1.29, 1.82) is 0 Å². The second kappa shape index (κ2) is 8.49. The SMILES string of the molecule is CCc1noc(-c2ccc(CCN=C(N)Nc3ccc(C)c(C)c3)cc2)n1. The number of hydrogen-bond donors (Lipinski definition) is 2. The molecule has 3 aromatic rings. The van der Waals surface area contributed by atoms with Gasteiger partial charge >= 0.3 is 0 Å². The Morgan fingerprint density at radius 1 is 1.11 bits per heavy atom. The van der Waals surface area contributed by atoms with Crippen LogP contribution in [0.2, 0.25) is 0 Å². The van der Waals surface area contributed by atoms with Crippen molar-refractivity contribution in [2.75, 3.05) is 11.9 Å². The van der Waals surface area contributed by atoms with E-state index in [9.17, 15) is 0 Å². The summed E-state index contributed by atoms with van der Waals surface area (Å²) in [5.74, 6) is 1.70. The number of guanidine groups is 1. The summed E-state index contributed by atoms with van der Waals surface area (Å²) < 4.78 is 5.26. The van der Waals surface area contributed by atoms with Gasteiger partial charge in [-0.2, -0.15) is 4.98 Å². The van der Waals surface area contributed by atoms with E-state index in [0.29, 0.717) is 18.4 Å². The van der Waals surface area contributed by atoms with E-state index < -0.39 is 0 Å². The first-order chi connectivity index (χ1) is 13.0. The molecular formula is C21H25N5O. The third-order valence-electron chi connectivity index (χ3n) is 4.45. The first-order valence-corrected chi connectivity index (χ1v) is 9.11. The van der Waals surface area contributed by atoms with Crippen molar-refractivity contribution in [1.82, 2.24) is 10.1 Å². The Bertz CT molecular complexity index is 928. The maximum absolute atomic E-state index is 5.98. The van der Waals surface area contributed by atoms with E-state index in [1.54, 1.807) is 0 Å². The summed E-state index contributed by atoms with van der Waals surface area (Å²) in [7, 11) is 0. The fraction of sp³-hybridized carbons (Fsp3) is 0.286. The molecule has 6 heteroatoms. The van der Waals surface area contributed by atoms with Crippen molar-refractivity contribution in [3.8, 4) is 11.5 Å². The number of aryl methyl sites for hydroxylation is 3. The predicted molar refractivity (Wildman–Crippen MR) is 109 cm³/mol. The van der Waals surface area contributed by atoms with E-state index >= 15 is 0 Å². The molecule has 140 valence electrons. The Morgan fingerprint density at radius 3 is 2.56 bits per heavy atom. The molecule has 0 aliphatic rings. The molecule has 0 saturated carbocycles. The van der Waals surface area contributed by atoms with Crippen molar-refractivity contribution in [3.05, 3.63) is 65.0 Å². The standard InChI is InChI=1S/C21H25N5O/c1-4-19-25-20(27-26-19)17-8-6-16(7-9-17)11-12-23-21(22)24-18-10-5-14(2)15(3)13-18/h5-10,13H,4,11-12H2,1-3H3,(H3,22,23,24). The number of benzene rings is 2. The second-order valence-electron chi connectivity index (χ2n) is 6.51. The number of aromatic nitrogens is 2. The number of anilines is 1. The van der Waals surface area contributed by atoms with Crippen molar-refractivity contribution in [2.45, 2.75) is 33.6 Å². The fourth-order valence-corrected chi connectivity index (χ4v) is 2.64. The van der Waals surface area contributed by atoms with Crippen LogP contribution in [0.1, 0.15) is 29.4 Å². The molecule has 0 saturated heterocycles. The third-order valence-corrected chi connectivity index (χ3v) is 4.45. The lowest BCUT2D eigenvalue weighted by molar-refractivity contribution is 0.423. The van der Waals surface area contributed by atoms with Crippen molar-refractivity contribution < 1.29 is 4.52 Å². The van der Waals surface area contributed by atoms with Gasteiger partial charge in [-0.1, -0.05) is 30.3 Å². The highest BCUT2D eigenvalue weighted by molar-refractivity contribution is 5.92. The highest BCUT2D eigenvalue weighted by Crippen LogP contribution is 2.18. The fourth-order valence-electron chi connectivity index (χ4n) is 2.64. The van der Waals surface area contributed by atoms with Gasteiger partial charge in [0.15, 0.2) is 11.8 Å². The van der Waals surface area contributed by atoms with Crippen molar-refractivity contribution in [3.63, 3.8) is 0 Å². The van der Waals surface area contributed by atoms with Gasteiger partial charge in [-0.05, 0) is 61.2 Å². The average Bonchev–Trinajstić information content (AvgIpc) is 3.14. The van der Waals surface area contributed by atoms with Crippen LogP contribution in [0.3, 0.4) is 0 Å². The molecule has 0 atom stereocenters. The van der Waals surface area contributed by atoms with Crippen LogP contribution in [-0.4, -0.2) is 22.6 Å². The van der Waals surface area contributed by atoms with Gasteiger partial charge in [0.2, 0.25) is 0 Å². The normalized spacial score (nSPS) is 11.6. The maximum atomic E-state index is 5.98. The van der Waals surface area contributed by atoms with Gasteiger partial charge in [-0.3, -0.25) is 4.99 Å². The number of aliphatic imine (C=N–C) groups is 1. The van der Waals surface area contributed by atoms with E-state index in [0.717, 1.165) is 29.9 Å². The zero-order valence-electron chi connectivity index (χ0n) is 16.0. The summed E-state index contributed by atoms with van der Waals surface area (Å²) in [6.45, 7) is 6.78. The minimum absolute atomic E-state index is 0.424. The summed E-state index contributed by atoms with van der Waals surface area (Å²) in [6, 6.07) is 14.2. The lowest BCUT2D eigenvalue weighted by Crippen LogP contribution is -2.23. The Hall–Kier alpha value is -3.15. The van der Waals surface area contributed by atoms with Gasteiger partial charge in [-0.15, -0.1) is 0 Å². The molecule has 0 aliphatic heterocycles. The van der Waals surface area contributed by atoms with Gasteiger partial charge < -0.3 is 15.6 Å². The molecule has 27 heavy (non-hydrogen) atoms. The number of nitrogens with one attached hydrogen (secondary N) is 1. The smallest absolute Gasteiger partial charge is 0.257 e. The summed E-state index contributed by atoms with van der Waals surface area (Å²) >= 11 is 0. The van der Waals surface area contributed by atoms with Crippen LogP contribution in [0.4, 0.5) is 5.69 Å². The number of rotatable bonds is 6. The quantitative estimate of drug-likeness (QED) is 0.512. The Labute approximate surface area is 159 Å². The summed E-state index contributed by atoms with van der Waals surface area (Å²) in [4.78, 5) is 8.75. The zero-order chi connectivity index (χ0) is 19.2. The third kappa shape index (κ3) is 4.94. The lowest BCUT2D eigenvalue weighted by Gasteiger charge is -2.08. The molecule has 0 radical (unpaired) electrons. The minimum atomic E-state index is 0.424. The van der Waals surface area contributed by atoms with E-state index in [1.165, 1.54) is 16.7 Å². The molecule has 0 aliphatic carbocycles. The lowest BCUT2D eigenvalue weighted by atomic mass is 10.1. The average molecular weight is 363 g/mol. The molecule has 3 N–H and O–H groups in total. The first kappa shape index (κ1) is 18.6. The molecule has 0 bridgehead atoms. The predicted octanol–water partition coefficient (Wildman–Crippen LogP) is 3.89. The molecule has 0 amide bonds. The van der Waals surface area contributed by atoms with E-state index in [4.69, 9.17) is 10.3 Å². The van der Waals surface area contributed by atoms with E-state index in [-0.39, 0.29) is 0 Å². The Kier molecular flexibility index (Phi) is 5.86. The molecular weight excluding hydrogens is 338 g/mol. The van der Waals surface area contributed by atoms with Crippen molar-refractivity contribution in [2.24, 2.45) is 10.7 Å². The summed E-state index contributed by atoms with van der Waals surface area (Å²) in [6.07, 6.45) is 1.57. The van der Waals surface area contributed by atoms with Crippen LogP contribution in [0.15, 0.2) is 52.0 Å². The Balaban J connectivity index is 1.54. The van der Waals surface area contributed by atoms with Crippen LogP contribution in [0.5, 0.6) is 0 Å². The highest BCUT2D eigenvalue weighted by atomic mass is 16.5. The minimum Gasteiger partial charge on any atom is -0.370 e. The van der Waals surface area contributed by atoms with Crippen molar-refractivity contribution >= 4 is 11.6 Å². The maximum Gasteiger partial charge on any atom is 0.257 e. The molecule has 6 nitrogen and oxygen atoms in total.